The Labute approximate surface area is 67.0 Å². The number of rotatable bonds is 0. The monoisotopic (exact) mass is 145 g/mol. The summed E-state index contributed by atoms with van der Waals surface area (Å²) in [6.45, 7) is 0. The molecule has 0 saturated carbocycles. The lowest BCUT2D eigenvalue weighted by molar-refractivity contribution is 0.572. The van der Waals surface area contributed by atoms with Crippen molar-refractivity contribution in [1.29, 1.82) is 0 Å². The first-order chi connectivity index (χ1) is 5.38. The van der Waals surface area contributed by atoms with Crippen molar-refractivity contribution in [2.75, 3.05) is 7.05 Å². The minimum absolute atomic E-state index is 1.06. The quantitative estimate of drug-likeness (QED) is 0.505. The van der Waals surface area contributed by atoms with Gasteiger partial charge in [0.2, 0.25) is 0 Å². The van der Waals surface area contributed by atoms with Gasteiger partial charge in [-0.1, -0.05) is 24.3 Å². The highest BCUT2D eigenvalue weighted by molar-refractivity contribution is 5.46. The maximum absolute atomic E-state index is 2.25. The lowest BCUT2D eigenvalue weighted by Gasteiger charge is -2.24. The normalized spacial score (nSPS) is 21.0. The predicted octanol–water partition coefficient (Wildman–Crippen LogP) is 2.22. The standard InChI is InChI=1S/C10H11N/c1-11-8-4-6-9-5-2-3-7-10(9)11/h2,4-8H,3H2,1H3. The highest BCUT2D eigenvalue weighted by Crippen LogP contribution is 2.23. The van der Waals surface area contributed by atoms with Crippen molar-refractivity contribution in [3.05, 3.63) is 47.9 Å². The molecule has 0 radical (unpaired) electrons. The molecule has 11 heavy (non-hydrogen) atoms. The second-order valence-corrected chi connectivity index (χ2v) is 2.80. The summed E-state index contributed by atoms with van der Waals surface area (Å²) in [6, 6.07) is 0. The maximum Gasteiger partial charge on any atom is 0.0439 e. The second kappa shape index (κ2) is 2.42. The minimum atomic E-state index is 1.06. The first kappa shape index (κ1) is 6.47. The van der Waals surface area contributed by atoms with Gasteiger partial charge in [0.15, 0.2) is 0 Å². The molecular formula is C10H11N. The zero-order chi connectivity index (χ0) is 7.68. The molecule has 0 atom stereocenters. The van der Waals surface area contributed by atoms with Crippen molar-refractivity contribution in [1.82, 2.24) is 4.90 Å². The van der Waals surface area contributed by atoms with Gasteiger partial charge in [-0.05, 0) is 18.1 Å². The molecule has 56 valence electrons. The van der Waals surface area contributed by atoms with Crippen molar-refractivity contribution >= 4 is 0 Å². The Morgan fingerprint density at radius 1 is 1.45 bits per heavy atom. The second-order valence-electron chi connectivity index (χ2n) is 2.80. The van der Waals surface area contributed by atoms with Gasteiger partial charge in [-0.2, -0.15) is 0 Å². The van der Waals surface area contributed by atoms with Crippen LogP contribution < -0.4 is 0 Å². The van der Waals surface area contributed by atoms with E-state index in [4.69, 9.17) is 0 Å². The third-order valence-corrected chi connectivity index (χ3v) is 2.01. The number of likely N-dealkylation sites (N-methyl/N-ethyl adjacent to an activating group) is 1. The van der Waals surface area contributed by atoms with Crippen LogP contribution in [0.15, 0.2) is 47.9 Å². The predicted molar refractivity (Wildman–Crippen MR) is 46.8 cm³/mol. The van der Waals surface area contributed by atoms with E-state index in [0.717, 1.165) is 6.42 Å². The topological polar surface area (TPSA) is 3.24 Å². The molecule has 0 aromatic rings. The highest BCUT2D eigenvalue weighted by Gasteiger charge is 2.09. The first-order valence-corrected chi connectivity index (χ1v) is 3.86. The fraction of sp³-hybridized carbons (Fsp3) is 0.200. The van der Waals surface area contributed by atoms with Gasteiger partial charge in [0.1, 0.15) is 0 Å². The van der Waals surface area contributed by atoms with E-state index in [9.17, 15) is 0 Å². The number of allylic oxidation sites excluding steroid dienone is 5. The van der Waals surface area contributed by atoms with Crippen molar-refractivity contribution in [2.45, 2.75) is 6.42 Å². The van der Waals surface area contributed by atoms with Crippen LogP contribution in [-0.4, -0.2) is 11.9 Å². The minimum Gasteiger partial charge on any atom is -0.351 e. The maximum atomic E-state index is 2.25. The Kier molecular flexibility index (Phi) is 1.42. The number of hydrogen-bond acceptors (Lipinski definition) is 1. The molecule has 1 heterocycles. The lowest BCUT2D eigenvalue weighted by Crippen LogP contribution is -2.14. The van der Waals surface area contributed by atoms with E-state index >= 15 is 0 Å². The Hall–Kier alpha value is -1.24. The zero-order valence-corrected chi connectivity index (χ0v) is 6.62. The molecule has 2 aliphatic rings. The van der Waals surface area contributed by atoms with Crippen LogP contribution in [0.4, 0.5) is 0 Å². The van der Waals surface area contributed by atoms with Crippen LogP contribution in [0, 0.1) is 0 Å². The molecule has 1 aliphatic heterocycles. The fourth-order valence-electron chi connectivity index (χ4n) is 1.42. The smallest absolute Gasteiger partial charge is 0.0439 e. The van der Waals surface area contributed by atoms with Gasteiger partial charge in [-0.25, -0.2) is 0 Å². The van der Waals surface area contributed by atoms with E-state index in [1.54, 1.807) is 0 Å². The van der Waals surface area contributed by atoms with Crippen LogP contribution >= 0.6 is 0 Å². The van der Waals surface area contributed by atoms with Crippen LogP contribution in [0.3, 0.4) is 0 Å². The molecule has 1 nitrogen and oxygen atoms in total. The lowest BCUT2D eigenvalue weighted by atomic mass is 10.0. The SMILES string of the molecule is CN1C=CC=C2C=CCC=C21. The average Bonchev–Trinajstić information content (AvgIpc) is 2.06. The Balaban J connectivity index is 2.40. The van der Waals surface area contributed by atoms with Crippen molar-refractivity contribution in [3.8, 4) is 0 Å². The van der Waals surface area contributed by atoms with Gasteiger partial charge in [0, 0.05) is 18.9 Å². The molecule has 0 saturated heterocycles. The largest absolute Gasteiger partial charge is 0.351 e. The van der Waals surface area contributed by atoms with Crippen LogP contribution in [0.1, 0.15) is 6.42 Å². The van der Waals surface area contributed by atoms with Crippen molar-refractivity contribution < 1.29 is 0 Å². The first-order valence-electron chi connectivity index (χ1n) is 3.86. The summed E-state index contributed by atoms with van der Waals surface area (Å²) in [4.78, 5) is 2.15. The van der Waals surface area contributed by atoms with Crippen molar-refractivity contribution in [2.24, 2.45) is 0 Å². The number of hydrogen-bond donors (Lipinski definition) is 0. The molecule has 0 bridgehead atoms. The summed E-state index contributed by atoms with van der Waals surface area (Å²) >= 11 is 0. The number of nitrogens with zero attached hydrogens (tertiary/aromatic N) is 1. The molecule has 0 N–H and O–H groups in total. The summed E-state index contributed by atoms with van der Waals surface area (Å²) < 4.78 is 0. The molecule has 0 unspecified atom stereocenters. The van der Waals surface area contributed by atoms with E-state index in [2.05, 4.69) is 48.5 Å². The molecule has 0 amide bonds. The molecule has 0 aromatic carbocycles. The Morgan fingerprint density at radius 2 is 2.36 bits per heavy atom. The van der Waals surface area contributed by atoms with E-state index in [-0.39, 0.29) is 0 Å². The molecule has 0 spiro atoms. The van der Waals surface area contributed by atoms with Gasteiger partial charge in [-0.3, -0.25) is 0 Å². The van der Waals surface area contributed by atoms with Crippen LogP contribution in [0.5, 0.6) is 0 Å². The molecule has 1 heteroatoms. The zero-order valence-electron chi connectivity index (χ0n) is 6.62. The van der Waals surface area contributed by atoms with E-state index < -0.39 is 0 Å². The van der Waals surface area contributed by atoms with Crippen molar-refractivity contribution in [3.63, 3.8) is 0 Å². The third kappa shape index (κ3) is 1.03. The molecule has 1 aliphatic carbocycles. The molecular weight excluding hydrogens is 134 g/mol. The summed E-state index contributed by atoms with van der Waals surface area (Å²) in [5, 5.41) is 0. The average molecular weight is 145 g/mol. The molecule has 0 aromatic heterocycles. The Bertz CT molecular complexity index is 279. The fourth-order valence-corrected chi connectivity index (χ4v) is 1.42. The Morgan fingerprint density at radius 3 is 3.18 bits per heavy atom. The summed E-state index contributed by atoms with van der Waals surface area (Å²) in [5.41, 5.74) is 2.65. The molecule has 2 rings (SSSR count). The summed E-state index contributed by atoms with van der Waals surface area (Å²) in [7, 11) is 2.08. The van der Waals surface area contributed by atoms with Gasteiger partial charge in [0.05, 0.1) is 0 Å². The summed E-state index contributed by atoms with van der Waals surface area (Å²) in [6.07, 6.45) is 14.0. The van der Waals surface area contributed by atoms with Gasteiger partial charge < -0.3 is 4.90 Å². The van der Waals surface area contributed by atoms with E-state index in [1.807, 2.05) is 0 Å². The van der Waals surface area contributed by atoms with Gasteiger partial charge in [-0.15, -0.1) is 0 Å². The number of fused-ring (bicyclic) bond motifs is 1. The van der Waals surface area contributed by atoms with Gasteiger partial charge >= 0.3 is 0 Å². The van der Waals surface area contributed by atoms with Crippen LogP contribution in [0.25, 0.3) is 0 Å². The van der Waals surface area contributed by atoms with Crippen LogP contribution in [-0.2, 0) is 0 Å². The van der Waals surface area contributed by atoms with Gasteiger partial charge in [0.25, 0.3) is 0 Å². The van der Waals surface area contributed by atoms with E-state index in [0.29, 0.717) is 0 Å². The summed E-state index contributed by atoms with van der Waals surface area (Å²) in [5.74, 6) is 0. The molecule has 0 fully saturated rings. The highest BCUT2D eigenvalue weighted by atomic mass is 15.1. The third-order valence-electron chi connectivity index (χ3n) is 2.01. The van der Waals surface area contributed by atoms with E-state index in [1.165, 1.54) is 11.3 Å². The van der Waals surface area contributed by atoms with Crippen LogP contribution in [0.2, 0.25) is 0 Å².